The number of rotatable bonds is 4. The first-order chi connectivity index (χ1) is 7.92. The lowest BCUT2D eigenvalue weighted by molar-refractivity contribution is -0.150. The van der Waals surface area contributed by atoms with E-state index in [0.29, 0.717) is 5.56 Å². The molecule has 0 unspecified atom stereocenters. The van der Waals surface area contributed by atoms with Gasteiger partial charge in [0, 0.05) is 6.92 Å². The Hall–Kier alpha value is -1.88. The van der Waals surface area contributed by atoms with Gasteiger partial charge in [0.05, 0.1) is 6.61 Å². The van der Waals surface area contributed by atoms with Gasteiger partial charge in [-0.15, -0.1) is 0 Å². The largest absolute Gasteiger partial charge is 0.479 e. The number of aliphatic carboxylic acids is 1. The van der Waals surface area contributed by atoms with Crippen molar-refractivity contribution in [3.8, 4) is 0 Å². The summed E-state index contributed by atoms with van der Waals surface area (Å²) in [6.07, 6.45) is 0. The first kappa shape index (κ1) is 13.2. The van der Waals surface area contributed by atoms with Gasteiger partial charge in [0.1, 0.15) is 0 Å². The van der Waals surface area contributed by atoms with Crippen molar-refractivity contribution in [1.29, 1.82) is 0 Å². The third-order valence-electron chi connectivity index (χ3n) is 2.54. The number of aliphatic hydroxyl groups is 1. The van der Waals surface area contributed by atoms with Gasteiger partial charge in [-0.1, -0.05) is 29.8 Å². The van der Waals surface area contributed by atoms with Gasteiger partial charge < -0.3 is 15.5 Å². The molecule has 0 saturated heterocycles. The van der Waals surface area contributed by atoms with Crippen LogP contribution in [0.5, 0.6) is 0 Å². The van der Waals surface area contributed by atoms with Crippen LogP contribution in [0.1, 0.15) is 18.1 Å². The predicted molar refractivity (Wildman–Crippen MR) is 61.4 cm³/mol. The van der Waals surface area contributed by atoms with Crippen LogP contribution in [0.4, 0.5) is 0 Å². The third-order valence-corrected chi connectivity index (χ3v) is 2.54. The molecule has 1 rings (SSSR count). The number of nitrogens with one attached hydrogen (secondary N) is 1. The van der Waals surface area contributed by atoms with Crippen LogP contribution in [0.2, 0.25) is 0 Å². The van der Waals surface area contributed by atoms with Crippen LogP contribution in [-0.2, 0) is 15.1 Å². The number of carbonyl (C=O) groups excluding carboxylic acids is 1. The summed E-state index contributed by atoms with van der Waals surface area (Å²) in [6, 6.07) is 6.61. The molecule has 17 heavy (non-hydrogen) atoms. The number of carboxylic acids is 1. The summed E-state index contributed by atoms with van der Waals surface area (Å²) in [5.74, 6) is -1.80. The van der Waals surface area contributed by atoms with Crippen molar-refractivity contribution in [2.24, 2.45) is 0 Å². The number of hydrogen-bond donors (Lipinski definition) is 3. The van der Waals surface area contributed by atoms with E-state index >= 15 is 0 Å². The Bertz CT molecular complexity index is 427. The first-order valence-corrected chi connectivity index (χ1v) is 5.12. The highest BCUT2D eigenvalue weighted by Crippen LogP contribution is 2.21. The summed E-state index contributed by atoms with van der Waals surface area (Å²) in [6.45, 7) is 2.37. The van der Waals surface area contributed by atoms with E-state index in [9.17, 15) is 19.8 Å². The summed E-state index contributed by atoms with van der Waals surface area (Å²) in [7, 11) is 0. The molecule has 0 heterocycles. The van der Waals surface area contributed by atoms with E-state index in [1.54, 1.807) is 24.3 Å². The Balaban J connectivity index is 3.26. The van der Waals surface area contributed by atoms with Gasteiger partial charge in [-0.2, -0.15) is 0 Å². The van der Waals surface area contributed by atoms with Crippen molar-refractivity contribution in [3.63, 3.8) is 0 Å². The molecular weight excluding hydrogens is 222 g/mol. The molecule has 1 aromatic rings. The number of benzene rings is 1. The maximum atomic E-state index is 11.3. The number of hydrogen-bond acceptors (Lipinski definition) is 3. The molecule has 92 valence electrons. The van der Waals surface area contributed by atoms with Gasteiger partial charge in [-0.3, -0.25) is 4.79 Å². The Morgan fingerprint density at radius 3 is 2.18 bits per heavy atom. The maximum absolute atomic E-state index is 11.3. The van der Waals surface area contributed by atoms with E-state index < -0.39 is 24.0 Å². The van der Waals surface area contributed by atoms with E-state index in [1.807, 2.05) is 6.92 Å². The van der Waals surface area contributed by atoms with Gasteiger partial charge >= 0.3 is 5.97 Å². The summed E-state index contributed by atoms with van der Waals surface area (Å²) >= 11 is 0. The highest BCUT2D eigenvalue weighted by Gasteiger charge is 2.40. The molecule has 0 spiro atoms. The summed E-state index contributed by atoms with van der Waals surface area (Å²) in [4.78, 5) is 22.4. The zero-order chi connectivity index (χ0) is 13.1. The summed E-state index contributed by atoms with van der Waals surface area (Å²) in [5.41, 5.74) is -0.471. The highest BCUT2D eigenvalue weighted by atomic mass is 16.4. The fourth-order valence-electron chi connectivity index (χ4n) is 1.59. The van der Waals surface area contributed by atoms with Crippen LogP contribution >= 0.6 is 0 Å². The van der Waals surface area contributed by atoms with Crippen molar-refractivity contribution >= 4 is 11.9 Å². The van der Waals surface area contributed by atoms with Gasteiger partial charge in [0.25, 0.3) is 0 Å². The van der Waals surface area contributed by atoms with E-state index in [2.05, 4.69) is 5.32 Å². The molecule has 0 aliphatic rings. The Morgan fingerprint density at radius 1 is 1.29 bits per heavy atom. The van der Waals surface area contributed by atoms with E-state index in [1.165, 1.54) is 6.92 Å². The van der Waals surface area contributed by atoms with Crippen molar-refractivity contribution in [3.05, 3.63) is 35.4 Å². The molecule has 1 aromatic carbocycles. The Kier molecular flexibility index (Phi) is 3.85. The molecule has 5 nitrogen and oxygen atoms in total. The lowest BCUT2D eigenvalue weighted by atomic mass is 9.90. The third kappa shape index (κ3) is 2.62. The maximum Gasteiger partial charge on any atom is 0.336 e. The fourth-order valence-corrected chi connectivity index (χ4v) is 1.59. The number of carboxylic acid groups (broad SMARTS) is 1. The Morgan fingerprint density at radius 2 is 1.82 bits per heavy atom. The molecule has 0 fully saturated rings. The minimum atomic E-state index is -1.78. The van der Waals surface area contributed by atoms with Crippen LogP contribution in [0.25, 0.3) is 0 Å². The average molecular weight is 237 g/mol. The van der Waals surface area contributed by atoms with Crippen molar-refractivity contribution in [2.45, 2.75) is 19.4 Å². The van der Waals surface area contributed by atoms with Crippen LogP contribution in [-0.4, -0.2) is 28.7 Å². The highest BCUT2D eigenvalue weighted by molar-refractivity contribution is 5.87. The smallest absolute Gasteiger partial charge is 0.336 e. The van der Waals surface area contributed by atoms with Gasteiger partial charge in [-0.05, 0) is 12.5 Å². The minimum absolute atomic E-state index is 0.341. The molecule has 0 aromatic heterocycles. The number of amides is 1. The van der Waals surface area contributed by atoms with Gasteiger partial charge in [-0.25, -0.2) is 4.79 Å². The minimum Gasteiger partial charge on any atom is -0.479 e. The predicted octanol–water partition coefficient (Wildman–Crippen LogP) is 0.403. The van der Waals surface area contributed by atoms with Crippen LogP contribution in [0.15, 0.2) is 24.3 Å². The molecule has 1 atom stereocenters. The van der Waals surface area contributed by atoms with Crippen LogP contribution < -0.4 is 5.32 Å². The molecule has 3 N–H and O–H groups in total. The summed E-state index contributed by atoms with van der Waals surface area (Å²) in [5, 5.41) is 20.8. The molecular formula is C12H15NO4. The lowest BCUT2D eigenvalue weighted by Crippen LogP contribution is -2.54. The van der Waals surface area contributed by atoms with E-state index in [0.717, 1.165) is 5.56 Å². The monoisotopic (exact) mass is 237 g/mol. The Labute approximate surface area is 99.1 Å². The van der Waals surface area contributed by atoms with Crippen molar-refractivity contribution < 1.29 is 19.8 Å². The summed E-state index contributed by atoms with van der Waals surface area (Å²) < 4.78 is 0. The quantitative estimate of drug-likeness (QED) is 0.707. The number of aliphatic hydroxyl groups excluding tert-OH is 1. The molecule has 0 aliphatic carbocycles. The second-order valence-electron chi connectivity index (χ2n) is 3.92. The first-order valence-electron chi connectivity index (χ1n) is 5.12. The molecule has 0 radical (unpaired) electrons. The van der Waals surface area contributed by atoms with E-state index in [-0.39, 0.29) is 0 Å². The molecule has 5 heteroatoms. The van der Waals surface area contributed by atoms with E-state index in [4.69, 9.17) is 0 Å². The number of carbonyl (C=O) groups is 2. The van der Waals surface area contributed by atoms with Gasteiger partial charge in [0.15, 0.2) is 5.54 Å². The molecule has 0 aliphatic heterocycles. The average Bonchev–Trinajstić information content (AvgIpc) is 2.26. The van der Waals surface area contributed by atoms with Crippen LogP contribution in [0.3, 0.4) is 0 Å². The van der Waals surface area contributed by atoms with Gasteiger partial charge in [0.2, 0.25) is 5.91 Å². The molecule has 1 amide bonds. The standard InChI is InChI=1S/C12H15NO4/c1-8-3-5-10(6-4-8)12(7-14,11(16)17)13-9(2)15/h3-6,14H,7H2,1-2H3,(H,13,15)(H,16,17)/t12-/m1/s1. The topological polar surface area (TPSA) is 86.6 Å². The fraction of sp³-hybridized carbons (Fsp3) is 0.333. The SMILES string of the molecule is CC(=O)N[C@@](CO)(C(=O)O)c1ccc(C)cc1. The number of aryl methyl sites for hydroxylation is 1. The zero-order valence-electron chi connectivity index (χ0n) is 9.73. The van der Waals surface area contributed by atoms with Crippen LogP contribution in [0, 0.1) is 6.92 Å². The zero-order valence-corrected chi connectivity index (χ0v) is 9.73. The van der Waals surface area contributed by atoms with Crippen molar-refractivity contribution in [2.75, 3.05) is 6.61 Å². The van der Waals surface area contributed by atoms with Crippen molar-refractivity contribution in [1.82, 2.24) is 5.32 Å². The molecule has 0 saturated carbocycles. The molecule has 0 bridgehead atoms. The normalized spacial score (nSPS) is 13.8. The second kappa shape index (κ2) is 4.97. The lowest BCUT2D eigenvalue weighted by Gasteiger charge is -2.28. The second-order valence-corrected chi connectivity index (χ2v) is 3.92.